The summed E-state index contributed by atoms with van der Waals surface area (Å²) in [5, 5.41) is 15.0. The molecule has 0 aliphatic rings. The molecule has 1 unspecified atom stereocenters. The van der Waals surface area contributed by atoms with Gasteiger partial charge in [0.15, 0.2) is 11.8 Å². The predicted octanol–water partition coefficient (Wildman–Crippen LogP) is 3.12. The Morgan fingerprint density at radius 1 is 1.20 bits per heavy atom. The molecule has 0 aliphatic carbocycles. The first kappa shape index (κ1) is 21.4. The Balaban J connectivity index is 0.00000312. The van der Waals surface area contributed by atoms with Gasteiger partial charge in [0.2, 0.25) is 0 Å². The van der Waals surface area contributed by atoms with Gasteiger partial charge in [-0.15, -0.1) is 34.2 Å². The molecule has 25 heavy (non-hydrogen) atoms. The highest BCUT2D eigenvalue weighted by atomic mass is 127. The van der Waals surface area contributed by atoms with Crippen molar-refractivity contribution < 1.29 is 0 Å². The number of aryl methyl sites for hydroxylation is 2. The van der Waals surface area contributed by atoms with Crippen molar-refractivity contribution in [2.45, 2.75) is 46.7 Å². The second-order valence-electron chi connectivity index (χ2n) is 5.88. The summed E-state index contributed by atoms with van der Waals surface area (Å²) in [6.07, 6.45) is 1.06. The van der Waals surface area contributed by atoms with Crippen LogP contribution in [0.1, 0.15) is 49.6 Å². The Morgan fingerprint density at radius 3 is 2.40 bits per heavy atom. The van der Waals surface area contributed by atoms with Crippen LogP contribution in [-0.4, -0.2) is 27.3 Å². The van der Waals surface area contributed by atoms with E-state index in [0.717, 1.165) is 30.6 Å². The number of nitrogens with one attached hydrogen (secondary N) is 2. The third-order valence-corrected chi connectivity index (χ3v) is 4.15. The first-order chi connectivity index (χ1) is 11.5. The number of guanidine groups is 1. The van der Waals surface area contributed by atoms with Crippen LogP contribution in [0.5, 0.6) is 0 Å². The number of hydrogen-bond donors (Lipinski definition) is 2. The van der Waals surface area contributed by atoms with E-state index in [1.54, 1.807) is 0 Å². The molecule has 0 saturated carbocycles. The zero-order valence-electron chi connectivity index (χ0n) is 15.7. The number of rotatable bonds is 6. The zero-order valence-corrected chi connectivity index (χ0v) is 18.0. The van der Waals surface area contributed by atoms with Crippen molar-refractivity contribution in [3.05, 3.63) is 47.0 Å². The number of hydrogen-bond acceptors (Lipinski definition) is 3. The van der Waals surface area contributed by atoms with Gasteiger partial charge in [0.1, 0.15) is 12.4 Å². The molecule has 2 aromatic rings. The lowest BCUT2D eigenvalue weighted by Crippen LogP contribution is -2.38. The minimum absolute atomic E-state index is 0. The SMILES string of the molecule is CCNC(=NCc1nnc(C)n1C)NC(C)c1ccc(CC)cc1.I. The maximum Gasteiger partial charge on any atom is 0.192 e. The molecule has 2 N–H and O–H groups in total. The smallest absolute Gasteiger partial charge is 0.192 e. The number of aromatic nitrogens is 3. The molecule has 1 aromatic heterocycles. The number of benzene rings is 1. The number of halogens is 1. The summed E-state index contributed by atoms with van der Waals surface area (Å²) in [5.74, 6) is 2.53. The first-order valence-corrected chi connectivity index (χ1v) is 8.53. The monoisotopic (exact) mass is 456 g/mol. The van der Waals surface area contributed by atoms with Gasteiger partial charge in [-0.1, -0.05) is 31.2 Å². The molecule has 0 saturated heterocycles. The highest BCUT2D eigenvalue weighted by Crippen LogP contribution is 2.13. The Kier molecular flexibility index (Phi) is 8.88. The third-order valence-electron chi connectivity index (χ3n) is 4.15. The minimum atomic E-state index is 0. The van der Waals surface area contributed by atoms with Crippen LogP contribution in [0.2, 0.25) is 0 Å². The van der Waals surface area contributed by atoms with E-state index in [-0.39, 0.29) is 30.0 Å². The van der Waals surface area contributed by atoms with Crippen LogP contribution < -0.4 is 10.6 Å². The fourth-order valence-electron chi connectivity index (χ4n) is 2.39. The van der Waals surface area contributed by atoms with E-state index < -0.39 is 0 Å². The molecule has 0 fully saturated rings. The molecule has 0 spiro atoms. The Bertz CT molecular complexity index is 677. The fourth-order valence-corrected chi connectivity index (χ4v) is 2.39. The van der Waals surface area contributed by atoms with E-state index in [0.29, 0.717) is 6.54 Å². The van der Waals surface area contributed by atoms with Gasteiger partial charge in [0, 0.05) is 13.6 Å². The highest BCUT2D eigenvalue weighted by molar-refractivity contribution is 14.0. The molecule has 2 rings (SSSR count). The van der Waals surface area contributed by atoms with Gasteiger partial charge in [0.05, 0.1) is 6.04 Å². The summed E-state index contributed by atoms with van der Waals surface area (Å²) in [6, 6.07) is 8.88. The standard InChI is InChI=1S/C18H28N6.HI/c1-6-15-8-10-16(11-9-15)13(3)21-18(19-7-2)20-12-17-23-22-14(4)24(17)5;/h8-11,13H,6-7,12H2,1-5H3,(H2,19,20,21);1H. The van der Waals surface area contributed by atoms with Gasteiger partial charge in [-0.3, -0.25) is 0 Å². The van der Waals surface area contributed by atoms with Gasteiger partial charge < -0.3 is 15.2 Å². The third kappa shape index (κ3) is 5.98. The molecule has 1 atom stereocenters. The van der Waals surface area contributed by atoms with E-state index in [9.17, 15) is 0 Å². The van der Waals surface area contributed by atoms with Crippen molar-refractivity contribution in [2.75, 3.05) is 6.54 Å². The van der Waals surface area contributed by atoms with E-state index in [1.807, 2.05) is 18.5 Å². The maximum absolute atomic E-state index is 4.63. The number of aliphatic imine (C=N–C) groups is 1. The summed E-state index contributed by atoms with van der Waals surface area (Å²) in [6.45, 7) is 9.61. The van der Waals surface area contributed by atoms with Gasteiger partial charge in [-0.05, 0) is 38.3 Å². The van der Waals surface area contributed by atoms with E-state index in [1.165, 1.54) is 11.1 Å². The first-order valence-electron chi connectivity index (χ1n) is 8.53. The van der Waals surface area contributed by atoms with Crippen LogP contribution in [0, 0.1) is 6.92 Å². The van der Waals surface area contributed by atoms with Crippen LogP contribution in [0.3, 0.4) is 0 Å². The molecule has 6 nitrogen and oxygen atoms in total. The van der Waals surface area contributed by atoms with E-state index >= 15 is 0 Å². The summed E-state index contributed by atoms with van der Waals surface area (Å²) < 4.78 is 1.96. The largest absolute Gasteiger partial charge is 0.357 e. The molecule has 1 aromatic carbocycles. The lowest BCUT2D eigenvalue weighted by atomic mass is 10.1. The lowest BCUT2D eigenvalue weighted by molar-refractivity contribution is 0.681. The predicted molar refractivity (Wildman–Crippen MR) is 113 cm³/mol. The highest BCUT2D eigenvalue weighted by Gasteiger charge is 2.09. The molecule has 1 heterocycles. The second-order valence-corrected chi connectivity index (χ2v) is 5.88. The van der Waals surface area contributed by atoms with Gasteiger partial charge in [-0.25, -0.2) is 4.99 Å². The van der Waals surface area contributed by atoms with E-state index in [4.69, 9.17) is 0 Å². The molecular formula is C18H29IN6. The van der Waals surface area contributed by atoms with Crippen molar-refractivity contribution in [1.29, 1.82) is 0 Å². The topological polar surface area (TPSA) is 67.1 Å². The summed E-state index contributed by atoms with van der Waals surface area (Å²) in [4.78, 5) is 4.63. The quantitative estimate of drug-likeness (QED) is 0.398. The maximum atomic E-state index is 4.63. The average molecular weight is 456 g/mol. The zero-order chi connectivity index (χ0) is 17.5. The van der Waals surface area contributed by atoms with Gasteiger partial charge in [0.25, 0.3) is 0 Å². The van der Waals surface area contributed by atoms with Crippen LogP contribution in [0.4, 0.5) is 0 Å². The van der Waals surface area contributed by atoms with Gasteiger partial charge >= 0.3 is 0 Å². The van der Waals surface area contributed by atoms with E-state index in [2.05, 4.69) is 70.9 Å². The Morgan fingerprint density at radius 2 is 1.88 bits per heavy atom. The minimum Gasteiger partial charge on any atom is -0.357 e. The Labute approximate surface area is 167 Å². The van der Waals surface area contributed by atoms with Crippen molar-refractivity contribution in [2.24, 2.45) is 12.0 Å². The molecule has 0 amide bonds. The van der Waals surface area contributed by atoms with Crippen LogP contribution >= 0.6 is 24.0 Å². The fraction of sp³-hybridized carbons (Fsp3) is 0.500. The van der Waals surface area contributed by atoms with Crippen molar-refractivity contribution >= 4 is 29.9 Å². The molecule has 7 heteroatoms. The summed E-state index contributed by atoms with van der Waals surface area (Å²) in [5.41, 5.74) is 2.59. The van der Waals surface area contributed by atoms with Crippen LogP contribution in [0.15, 0.2) is 29.3 Å². The van der Waals surface area contributed by atoms with Crippen LogP contribution in [-0.2, 0) is 20.0 Å². The molecule has 0 aliphatic heterocycles. The summed E-state index contributed by atoms with van der Waals surface area (Å²) in [7, 11) is 1.96. The Hall–Kier alpha value is -1.64. The normalized spacial score (nSPS) is 12.4. The average Bonchev–Trinajstić information content (AvgIpc) is 2.91. The molecular weight excluding hydrogens is 427 g/mol. The van der Waals surface area contributed by atoms with Crippen LogP contribution in [0.25, 0.3) is 0 Å². The number of nitrogens with zero attached hydrogens (tertiary/aromatic N) is 4. The van der Waals surface area contributed by atoms with Crippen molar-refractivity contribution in [3.8, 4) is 0 Å². The molecule has 0 bridgehead atoms. The van der Waals surface area contributed by atoms with Crippen molar-refractivity contribution in [1.82, 2.24) is 25.4 Å². The lowest BCUT2D eigenvalue weighted by Gasteiger charge is -2.18. The molecule has 138 valence electrons. The summed E-state index contributed by atoms with van der Waals surface area (Å²) >= 11 is 0. The molecule has 0 radical (unpaired) electrons. The van der Waals surface area contributed by atoms with Gasteiger partial charge in [-0.2, -0.15) is 0 Å². The second kappa shape index (κ2) is 10.4. The van der Waals surface area contributed by atoms with Crippen molar-refractivity contribution in [3.63, 3.8) is 0 Å².